The molecule has 0 spiro atoms. The Morgan fingerprint density at radius 1 is 0.634 bits per heavy atom. The van der Waals surface area contributed by atoms with E-state index >= 15 is 0 Å². The average Bonchev–Trinajstić information content (AvgIpc) is 0.811. The summed E-state index contributed by atoms with van der Waals surface area (Å²) in [5.41, 5.74) is 0. The molecule has 2 unspecified atom stereocenters. The molecule has 0 aromatic carbocycles. The van der Waals surface area contributed by atoms with Gasteiger partial charge in [-0.05, 0) is 33.1 Å². The summed E-state index contributed by atoms with van der Waals surface area (Å²) in [6, 6.07) is -3.76. The number of nitrogens with one attached hydrogen (secondary N) is 2. The third-order valence-corrected chi connectivity index (χ3v) is 16.4. The van der Waals surface area contributed by atoms with Gasteiger partial charge in [-0.3, -0.25) is 4.79 Å². The van der Waals surface area contributed by atoms with Crippen molar-refractivity contribution in [1.29, 1.82) is 0 Å². The molecule has 0 aromatic rings. The van der Waals surface area contributed by atoms with Crippen LogP contribution in [0.2, 0.25) is 0 Å². The molecule has 524 valence electrons. The Labute approximate surface area is 540 Å². The molecule has 93 heavy (non-hydrogen) atoms. The molecule has 0 aliphatic carbocycles. The van der Waals surface area contributed by atoms with Crippen molar-refractivity contribution in [1.82, 2.24) is 15.5 Å². The number of aliphatic hydroxyl groups is 13. The molecular formula is C64H97N3O26. The number of nitrogens with zero attached hydrogens (tertiary/aromatic N) is 1. The van der Waals surface area contributed by atoms with E-state index in [9.17, 15) is 85.6 Å². The lowest BCUT2D eigenvalue weighted by Gasteiger charge is -2.48. The highest BCUT2D eigenvalue weighted by molar-refractivity contribution is 5.76. The number of likely N-dealkylation sites (tertiary alicyclic amines) is 1. The van der Waals surface area contributed by atoms with E-state index in [1.165, 1.54) is 36.1 Å². The third-order valence-electron chi connectivity index (χ3n) is 16.4. The van der Waals surface area contributed by atoms with Gasteiger partial charge in [-0.2, -0.15) is 0 Å². The predicted molar refractivity (Wildman–Crippen MR) is 329 cm³/mol. The number of urea groups is 1. The van der Waals surface area contributed by atoms with E-state index in [-0.39, 0.29) is 51.5 Å². The molecule has 5 rings (SSSR count). The zero-order chi connectivity index (χ0) is 68.5. The highest BCUT2D eigenvalue weighted by atomic mass is 16.7. The van der Waals surface area contributed by atoms with Crippen molar-refractivity contribution < 1.29 is 128 Å². The van der Waals surface area contributed by atoms with Crippen molar-refractivity contribution in [2.45, 2.75) is 219 Å². The summed E-state index contributed by atoms with van der Waals surface area (Å²) in [6.07, 6.45) is -8.38. The van der Waals surface area contributed by atoms with Crippen LogP contribution in [0.4, 0.5) is 14.4 Å². The zero-order valence-corrected chi connectivity index (χ0v) is 52.8. The van der Waals surface area contributed by atoms with Gasteiger partial charge in [-0.25, -0.2) is 14.4 Å². The molecule has 5 heterocycles. The van der Waals surface area contributed by atoms with Crippen molar-refractivity contribution in [3.8, 4) is 0 Å². The van der Waals surface area contributed by atoms with Gasteiger partial charge in [-0.1, -0.05) is 124 Å². The molecule has 2 bridgehead atoms. The maximum Gasteiger partial charge on any atom is 0.508 e. The monoisotopic (exact) mass is 1320 g/mol. The second kappa shape index (κ2) is 38.7. The molecule has 29 nitrogen and oxygen atoms in total. The maximum absolute atomic E-state index is 14.4. The number of allylic oxidation sites excluding steroid dienone is 12. The summed E-state index contributed by atoms with van der Waals surface area (Å²) in [5, 5.41) is 148. The molecule has 0 radical (unpaired) electrons. The number of alkyl carbamates (subject to hydrolysis) is 1. The molecule has 0 aromatic heterocycles. The Balaban J connectivity index is 1.51. The van der Waals surface area contributed by atoms with Gasteiger partial charge in [0.25, 0.3) is 0 Å². The highest BCUT2D eigenvalue weighted by Crippen LogP contribution is 2.38. The Kier molecular flexibility index (Phi) is 32.4. The number of hydrogen-bond acceptors (Lipinski definition) is 26. The molecule has 0 saturated carbocycles. The van der Waals surface area contributed by atoms with Crippen molar-refractivity contribution in [3.05, 3.63) is 110 Å². The van der Waals surface area contributed by atoms with E-state index in [0.29, 0.717) is 0 Å². The minimum atomic E-state index is -2.53. The van der Waals surface area contributed by atoms with Crippen LogP contribution in [0, 0.1) is 11.8 Å². The van der Waals surface area contributed by atoms with Gasteiger partial charge in [-0.15, -0.1) is 0 Å². The van der Waals surface area contributed by atoms with E-state index in [0.717, 1.165) is 0 Å². The minimum absolute atomic E-state index is 0.173. The lowest BCUT2D eigenvalue weighted by atomic mass is 9.86. The number of hydrogen-bond donors (Lipinski definition) is 15. The number of carbonyl (C=O) groups is 4. The van der Waals surface area contributed by atoms with Crippen molar-refractivity contribution >= 4 is 24.2 Å². The summed E-state index contributed by atoms with van der Waals surface area (Å²) in [7, 11) is 0. The number of esters is 1. The molecular weight excluding hydrogens is 1230 g/mol. The van der Waals surface area contributed by atoms with Crippen LogP contribution in [0.1, 0.15) is 79.1 Å². The van der Waals surface area contributed by atoms with Crippen LogP contribution in [-0.2, 0) is 47.4 Å². The van der Waals surface area contributed by atoms with Gasteiger partial charge in [0.2, 0.25) is 0 Å². The van der Waals surface area contributed by atoms with Gasteiger partial charge in [0.15, 0.2) is 18.4 Å². The van der Waals surface area contributed by atoms with Crippen LogP contribution in [-0.4, -0.2) is 269 Å². The zero-order valence-electron chi connectivity index (χ0n) is 52.8. The first-order valence-corrected chi connectivity index (χ1v) is 31.2. The van der Waals surface area contributed by atoms with Crippen LogP contribution in [0.3, 0.4) is 0 Å². The number of ether oxygens (including phenoxy) is 9. The van der Waals surface area contributed by atoms with Gasteiger partial charge in [0.05, 0.1) is 99.2 Å². The van der Waals surface area contributed by atoms with E-state index in [1.54, 1.807) is 86.8 Å². The summed E-state index contributed by atoms with van der Waals surface area (Å²) < 4.78 is 51.7. The summed E-state index contributed by atoms with van der Waals surface area (Å²) >= 11 is 0. The summed E-state index contributed by atoms with van der Waals surface area (Å²) in [4.78, 5) is 54.6. The fourth-order valence-electron chi connectivity index (χ4n) is 11.0. The standard InChI is InChI=1S/C64H97N3O26/c1-7-25-85-62(82)66-52-54(76)39(6)88-59(56(52)78)89-43-22-20-18-16-14-12-10-9-11-13-15-17-19-21-36(3)53(75)37(4)38(5)87-50(74)29-41(70)27-40(69)23-24-45(72)46(73)28-42(71)31-64(84)32-48(92-63(83)86-26-8-2)51(47(30-43)93-64)65-61(81)67-33-44(34-67)90-60-58(80)57(79)55(77)49(35-68)91-60/h7-22,36-49,51-60,68-73,75-80,84H,1-2,23-35H2,3-6H3,(H,65,81)(H,66,82)/b10-9+,13-11+,14-12+,17-15+,18-16+,21-19+,22-20+/t36-,37-,38-,39+,40+,41+,42-,43-,45+,46+,47-,48-,49?,51-,52-,53+,54+,55+,56-,57-,58?,59-,60-,64+/m0/s1. The molecule has 5 aliphatic rings. The highest BCUT2D eigenvalue weighted by Gasteiger charge is 2.53. The van der Waals surface area contributed by atoms with Crippen LogP contribution in [0.5, 0.6) is 0 Å². The second-order valence-electron chi connectivity index (χ2n) is 24.0. The fraction of sp³-hybridized carbons (Fsp3) is 0.656. The summed E-state index contributed by atoms with van der Waals surface area (Å²) in [6.45, 7) is 12.0. The lowest BCUT2D eigenvalue weighted by molar-refractivity contribution is -0.317. The fourth-order valence-corrected chi connectivity index (χ4v) is 11.0. The predicted octanol–water partition coefficient (Wildman–Crippen LogP) is -0.110. The van der Waals surface area contributed by atoms with Crippen LogP contribution >= 0.6 is 0 Å². The van der Waals surface area contributed by atoms with Crippen molar-refractivity contribution in [2.75, 3.05) is 32.9 Å². The van der Waals surface area contributed by atoms with Gasteiger partial charge >= 0.3 is 24.2 Å². The normalized spacial score (nSPS) is 41.0. The number of cyclic esters (lactones) is 1. The van der Waals surface area contributed by atoms with Crippen LogP contribution in [0.15, 0.2) is 110 Å². The molecule has 3 amide bonds. The number of amides is 3. The lowest BCUT2D eigenvalue weighted by Crippen LogP contribution is -2.67. The number of aliphatic hydroxyl groups excluding tert-OH is 12. The molecule has 29 heteroatoms. The van der Waals surface area contributed by atoms with E-state index in [1.807, 2.05) is 6.92 Å². The summed E-state index contributed by atoms with van der Waals surface area (Å²) in [5.74, 6) is -4.15. The first kappa shape index (κ1) is 77.9. The number of carbonyl (C=O) groups excluding carboxylic acids is 4. The third kappa shape index (κ3) is 24.7. The SMILES string of the molecule is C=CCOC(=O)N[C@@H]1[C@H](O)[C@H](O[C@H]2/C=C/C=C/C=C/C=C/C=C/C=C/C=C/[C@H](C)[C@@H](O)[C@@H](C)[C@H](C)OC(=O)C[C@H](O)C[C@H](O)CC[C@@H](O)[C@H](O)C[C@H](O)C[C@]3(O)C[C@H](OC(=O)OCC=C)[C@@H](NC(=O)N4CC(O[C@H]5OC(CO)[C@@H](O)[C@H](O)C5O)C4)[C@H](C2)O3)O[C@H](C)[C@H]1O. The Morgan fingerprint density at radius 2 is 1.24 bits per heavy atom. The van der Waals surface area contributed by atoms with E-state index in [4.69, 9.17) is 42.6 Å². The number of fused-ring (bicyclic) bond motifs is 2. The molecule has 4 fully saturated rings. The number of rotatable bonds is 12. The molecule has 15 N–H and O–H groups in total. The smallest absolute Gasteiger partial charge is 0.462 e. The van der Waals surface area contributed by atoms with E-state index in [2.05, 4.69) is 23.8 Å². The van der Waals surface area contributed by atoms with Crippen molar-refractivity contribution in [3.63, 3.8) is 0 Å². The Bertz CT molecular complexity index is 2560. The first-order valence-electron chi connectivity index (χ1n) is 31.2. The van der Waals surface area contributed by atoms with Gasteiger partial charge in [0, 0.05) is 37.5 Å². The molecule has 5 aliphatic heterocycles. The van der Waals surface area contributed by atoms with Crippen molar-refractivity contribution in [2.24, 2.45) is 11.8 Å². The van der Waals surface area contributed by atoms with Crippen LogP contribution < -0.4 is 10.6 Å². The molecule has 24 atom stereocenters. The van der Waals surface area contributed by atoms with Crippen LogP contribution in [0.25, 0.3) is 0 Å². The largest absolute Gasteiger partial charge is 0.508 e. The Hall–Kier alpha value is -5.78. The topological polar surface area (TPSA) is 442 Å². The average molecular weight is 1320 g/mol. The second-order valence-corrected chi connectivity index (χ2v) is 24.0. The molecule has 4 saturated heterocycles. The first-order chi connectivity index (χ1) is 44.2. The Morgan fingerprint density at radius 3 is 1.86 bits per heavy atom. The van der Waals surface area contributed by atoms with E-state index < -0.39 is 209 Å². The maximum atomic E-state index is 14.4. The van der Waals surface area contributed by atoms with Gasteiger partial charge in [0.1, 0.15) is 62.0 Å². The van der Waals surface area contributed by atoms with Gasteiger partial charge < -0.3 is 125 Å². The quantitative estimate of drug-likeness (QED) is 0.0688. The minimum Gasteiger partial charge on any atom is -0.462 e.